The minimum absolute atomic E-state index is 0.0449. The van der Waals surface area contributed by atoms with E-state index in [-0.39, 0.29) is 42.4 Å². The number of nitrogens with one attached hydrogen (secondary N) is 2. The number of benzene rings is 2. The molecule has 0 aliphatic carbocycles. The van der Waals surface area contributed by atoms with E-state index in [2.05, 4.69) is 27.7 Å². The lowest BCUT2D eigenvalue weighted by molar-refractivity contribution is -0.136. The van der Waals surface area contributed by atoms with Gasteiger partial charge >= 0.3 is 0 Å². The molecule has 3 amide bonds. The first-order valence-corrected chi connectivity index (χ1v) is 11.7. The predicted octanol–water partition coefficient (Wildman–Crippen LogP) is 1.30. The summed E-state index contributed by atoms with van der Waals surface area (Å²) in [6.45, 7) is 4.66. The van der Waals surface area contributed by atoms with Gasteiger partial charge in [0.25, 0.3) is 5.91 Å². The Kier molecular flexibility index (Phi) is 6.31. The lowest BCUT2D eigenvalue weighted by Crippen LogP contribution is -2.52. The van der Waals surface area contributed by atoms with Crippen molar-refractivity contribution in [3.63, 3.8) is 0 Å². The van der Waals surface area contributed by atoms with Crippen LogP contribution in [0.5, 0.6) is 11.5 Å². The van der Waals surface area contributed by atoms with Gasteiger partial charge in [-0.15, -0.1) is 0 Å². The average molecular weight is 481 g/mol. The molecule has 5 rings (SSSR count). The van der Waals surface area contributed by atoms with Crippen LogP contribution in [0.4, 0.5) is 5.69 Å². The highest BCUT2D eigenvalue weighted by molar-refractivity contribution is 6.07. The molecule has 0 radical (unpaired) electrons. The number of hydrogen-bond acceptors (Lipinski definition) is 8. The molecular formula is C25H28N4O6. The SMILES string of the molecule is O=C1CCC(N2Cc3c(NCc4ccc(CN5CCOCC5)cc4)c(O)cc(O)c3C2=O)C(=O)N1. The second-order valence-electron chi connectivity index (χ2n) is 9.10. The highest BCUT2D eigenvalue weighted by Crippen LogP contribution is 2.42. The first kappa shape index (κ1) is 23.1. The van der Waals surface area contributed by atoms with E-state index in [0.29, 0.717) is 17.8 Å². The van der Waals surface area contributed by atoms with Gasteiger partial charge in [-0.2, -0.15) is 0 Å². The molecule has 10 heteroatoms. The topological polar surface area (TPSA) is 131 Å². The molecule has 10 nitrogen and oxygen atoms in total. The Morgan fingerprint density at radius 2 is 1.74 bits per heavy atom. The van der Waals surface area contributed by atoms with Crippen LogP contribution in [0.3, 0.4) is 0 Å². The van der Waals surface area contributed by atoms with Crippen molar-refractivity contribution in [1.82, 2.24) is 15.1 Å². The van der Waals surface area contributed by atoms with Crippen LogP contribution in [-0.2, 0) is 34.0 Å². The van der Waals surface area contributed by atoms with Gasteiger partial charge in [-0.25, -0.2) is 0 Å². The van der Waals surface area contributed by atoms with Gasteiger partial charge in [0.15, 0.2) is 0 Å². The zero-order chi connectivity index (χ0) is 24.5. The second kappa shape index (κ2) is 9.55. The summed E-state index contributed by atoms with van der Waals surface area (Å²) >= 11 is 0. The Bertz CT molecular complexity index is 1160. The summed E-state index contributed by atoms with van der Waals surface area (Å²) in [6, 6.07) is 8.51. The van der Waals surface area contributed by atoms with E-state index in [1.807, 2.05) is 12.1 Å². The number of aromatic hydroxyl groups is 2. The van der Waals surface area contributed by atoms with Crippen LogP contribution in [0.2, 0.25) is 0 Å². The van der Waals surface area contributed by atoms with E-state index in [0.717, 1.165) is 44.5 Å². The van der Waals surface area contributed by atoms with Crippen LogP contribution >= 0.6 is 0 Å². The van der Waals surface area contributed by atoms with Gasteiger partial charge in [0.05, 0.1) is 24.5 Å². The van der Waals surface area contributed by atoms with Crippen molar-refractivity contribution in [3.8, 4) is 11.5 Å². The first-order chi connectivity index (χ1) is 16.9. The highest BCUT2D eigenvalue weighted by atomic mass is 16.5. The van der Waals surface area contributed by atoms with Gasteiger partial charge in [-0.3, -0.25) is 24.6 Å². The fourth-order valence-electron chi connectivity index (χ4n) is 4.89. The van der Waals surface area contributed by atoms with Gasteiger partial charge in [0, 0.05) is 50.8 Å². The van der Waals surface area contributed by atoms with Crippen molar-refractivity contribution in [2.75, 3.05) is 31.6 Å². The maximum absolute atomic E-state index is 13.1. The fraction of sp³-hybridized carbons (Fsp3) is 0.400. The molecule has 184 valence electrons. The number of piperidine rings is 1. The van der Waals surface area contributed by atoms with Gasteiger partial charge in [-0.05, 0) is 17.5 Å². The zero-order valence-electron chi connectivity index (χ0n) is 19.2. The fourth-order valence-corrected chi connectivity index (χ4v) is 4.89. The van der Waals surface area contributed by atoms with Crippen LogP contribution in [0.25, 0.3) is 0 Å². The van der Waals surface area contributed by atoms with Crippen LogP contribution in [0.15, 0.2) is 30.3 Å². The maximum atomic E-state index is 13.1. The number of imide groups is 1. The molecule has 1 unspecified atom stereocenters. The van der Waals surface area contributed by atoms with E-state index < -0.39 is 17.9 Å². The molecule has 2 saturated heterocycles. The molecule has 2 fully saturated rings. The number of phenols is 2. The molecule has 3 heterocycles. The van der Waals surface area contributed by atoms with E-state index in [1.54, 1.807) is 0 Å². The summed E-state index contributed by atoms with van der Waals surface area (Å²) in [7, 11) is 0. The summed E-state index contributed by atoms with van der Waals surface area (Å²) in [5, 5.41) is 26.4. The van der Waals surface area contributed by atoms with Crippen LogP contribution in [0.1, 0.15) is 39.9 Å². The van der Waals surface area contributed by atoms with Crippen molar-refractivity contribution >= 4 is 23.4 Å². The number of amides is 3. The average Bonchev–Trinajstić information content (AvgIpc) is 3.18. The molecule has 0 spiro atoms. The van der Waals surface area contributed by atoms with Gasteiger partial charge in [0.1, 0.15) is 17.5 Å². The van der Waals surface area contributed by atoms with Gasteiger partial charge in [-0.1, -0.05) is 24.3 Å². The minimum atomic E-state index is -0.805. The number of fused-ring (bicyclic) bond motifs is 1. The van der Waals surface area contributed by atoms with Crippen LogP contribution in [-0.4, -0.2) is 70.1 Å². The minimum Gasteiger partial charge on any atom is -0.507 e. The number of phenolic OH excluding ortho intramolecular Hbond substituents is 2. The van der Waals surface area contributed by atoms with Crippen molar-refractivity contribution < 1.29 is 29.3 Å². The Morgan fingerprint density at radius 3 is 2.46 bits per heavy atom. The summed E-state index contributed by atoms with van der Waals surface area (Å²) in [5.74, 6) is -1.91. The van der Waals surface area contributed by atoms with E-state index >= 15 is 0 Å². The number of anilines is 1. The number of carbonyl (C=O) groups excluding carboxylic acids is 3. The highest BCUT2D eigenvalue weighted by Gasteiger charge is 2.42. The zero-order valence-corrected chi connectivity index (χ0v) is 19.2. The number of nitrogens with zero attached hydrogens (tertiary/aromatic N) is 2. The Labute approximate surface area is 202 Å². The molecule has 3 aliphatic heterocycles. The molecule has 0 bridgehead atoms. The van der Waals surface area contributed by atoms with E-state index in [4.69, 9.17) is 4.74 Å². The quantitative estimate of drug-likeness (QED) is 0.277. The largest absolute Gasteiger partial charge is 0.507 e. The van der Waals surface area contributed by atoms with Gasteiger partial charge in [0.2, 0.25) is 11.8 Å². The molecule has 0 aromatic heterocycles. The van der Waals surface area contributed by atoms with Crippen molar-refractivity contribution in [3.05, 3.63) is 52.6 Å². The second-order valence-corrected chi connectivity index (χ2v) is 9.10. The number of carbonyl (C=O) groups is 3. The third kappa shape index (κ3) is 4.67. The Balaban J connectivity index is 1.30. The number of rotatable bonds is 6. The third-order valence-electron chi connectivity index (χ3n) is 6.78. The summed E-state index contributed by atoms with van der Waals surface area (Å²) in [4.78, 5) is 40.6. The smallest absolute Gasteiger partial charge is 0.259 e. The summed E-state index contributed by atoms with van der Waals surface area (Å²) in [6.07, 6.45) is 0.358. The molecule has 3 aliphatic rings. The van der Waals surface area contributed by atoms with Crippen LogP contribution in [0, 0.1) is 0 Å². The monoisotopic (exact) mass is 480 g/mol. The normalized spacial score (nSPS) is 20.6. The Hall–Kier alpha value is -3.63. The lowest BCUT2D eigenvalue weighted by atomic mass is 10.0. The maximum Gasteiger partial charge on any atom is 0.259 e. The van der Waals surface area contributed by atoms with Crippen molar-refractivity contribution in [2.24, 2.45) is 0 Å². The predicted molar refractivity (Wildman–Crippen MR) is 126 cm³/mol. The molecule has 1 atom stereocenters. The Morgan fingerprint density at radius 1 is 1.03 bits per heavy atom. The summed E-state index contributed by atoms with van der Waals surface area (Å²) in [5.41, 5.74) is 3.04. The van der Waals surface area contributed by atoms with Crippen molar-refractivity contribution in [1.29, 1.82) is 0 Å². The number of morpholine rings is 1. The van der Waals surface area contributed by atoms with Crippen molar-refractivity contribution in [2.45, 2.75) is 38.5 Å². The molecule has 2 aromatic rings. The lowest BCUT2D eigenvalue weighted by Gasteiger charge is -2.29. The van der Waals surface area contributed by atoms with Gasteiger partial charge < -0.3 is 25.2 Å². The molecular weight excluding hydrogens is 452 g/mol. The van der Waals surface area contributed by atoms with E-state index in [1.165, 1.54) is 10.5 Å². The molecule has 2 aromatic carbocycles. The number of hydrogen-bond donors (Lipinski definition) is 4. The molecule has 35 heavy (non-hydrogen) atoms. The van der Waals surface area contributed by atoms with E-state index in [9.17, 15) is 24.6 Å². The third-order valence-corrected chi connectivity index (χ3v) is 6.78. The molecule has 4 N–H and O–H groups in total. The first-order valence-electron chi connectivity index (χ1n) is 11.7. The standard InChI is InChI=1S/C25H28N4O6/c30-19-11-20(31)23(17-14-29(25(34)22(17)19)18-5-6-21(32)27-24(18)33)26-12-15-1-3-16(4-2-15)13-28-7-9-35-10-8-28/h1-4,11,18,26,30-31H,5-10,12-14H2,(H,27,32,33). The summed E-state index contributed by atoms with van der Waals surface area (Å²) < 4.78 is 5.39. The number of ether oxygens (including phenoxy) is 1. The molecule has 0 saturated carbocycles. The van der Waals surface area contributed by atoms with Crippen LogP contribution < -0.4 is 10.6 Å².